The van der Waals surface area contributed by atoms with Gasteiger partial charge in [-0.3, -0.25) is 11.3 Å². The van der Waals surface area contributed by atoms with Crippen molar-refractivity contribution in [2.24, 2.45) is 23.6 Å². The van der Waals surface area contributed by atoms with Gasteiger partial charge < -0.3 is 0 Å². The van der Waals surface area contributed by atoms with Crippen LogP contribution in [-0.2, 0) is 0 Å². The molecule has 0 aromatic heterocycles. The summed E-state index contributed by atoms with van der Waals surface area (Å²) in [5, 5.41) is 0.774. The van der Waals surface area contributed by atoms with Crippen LogP contribution in [0.25, 0.3) is 0 Å². The number of rotatable bonds is 3. The Kier molecular flexibility index (Phi) is 5.29. The molecular formula is C15H22BrClN2. The average Bonchev–Trinajstić information content (AvgIpc) is 2.34. The lowest BCUT2D eigenvalue weighted by Gasteiger charge is -2.36. The van der Waals surface area contributed by atoms with E-state index in [1.165, 1.54) is 19.3 Å². The first kappa shape index (κ1) is 15.3. The Morgan fingerprint density at radius 2 is 1.89 bits per heavy atom. The van der Waals surface area contributed by atoms with Crippen LogP contribution in [-0.4, -0.2) is 0 Å². The molecule has 0 aliphatic heterocycles. The van der Waals surface area contributed by atoms with E-state index < -0.39 is 0 Å². The molecule has 2 nitrogen and oxygen atoms in total. The van der Waals surface area contributed by atoms with Gasteiger partial charge in [0.05, 0.1) is 11.1 Å². The van der Waals surface area contributed by atoms with E-state index in [-0.39, 0.29) is 6.04 Å². The van der Waals surface area contributed by atoms with Gasteiger partial charge in [-0.15, -0.1) is 0 Å². The van der Waals surface area contributed by atoms with E-state index in [0.29, 0.717) is 5.92 Å². The number of nitrogens with two attached hydrogens (primary N) is 1. The molecule has 1 aliphatic rings. The summed E-state index contributed by atoms with van der Waals surface area (Å²) in [6, 6.07) is 6.19. The molecule has 0 heterocycles. The van der Waals surface area contributed by atoms with Gasteiger partial charge in [-0.2, -0.15) is 0 Å². The number of nitrogens with one attached hydrogen (secondary N) is 1. The van der Waals surface area contributed by atoms with Gasteiger partial charge in [-0.05, 0) is 64.6 Å². The molecule has 0 bridgehead atoms. The van der Waals surface area contributed by atoms with Crippen LogP contribution in [0.1, 0.15) is 44.7 Å². The summed E-state index contributed by atoms with van der Waals surface area (Å²) in [6.07, 6.45) is 3.74. The third-order valence-corrected chi connectivity index (χ3v) is 5.49. The van der Waals surface area contributed by atoms with Crippen LogP contribution in [0.2, 0.25) is 5.02 Å². The molecule has 1 aliphatic carbocycles. The molecule has 1 aromatic rings. The molecule has 19 heavy (non-hydrogen) atoms. The number of hydrogen-bond donors (Lipinski definition) is 2. The topological polar surface area (TPSA) is 38.0 Å². The Labute approximate surface area is 129 Å². The Morgan fingerprint density at radius 1 is 1.26 bits per heavy atom. The molecular weight excluding hydrogens is 324 g/mol. The van der Waals surface area contributed by atoms with E-state index in [1.54, 1.807) is 0 Å². The number of benzene rings is 1. The van der Waals surface area contributed by atoms with E-state index in [9.17, 15) is 0 Å². The molecule has 1 saturated carbocycles. The highest BCUT2D eigenvalue weighted by atomic mass is 79.9. The van der Waals surface area contributed by atoms with Gasteiger partial charge in [0.25, 0.3) is 0 Å². The van der Waals surface area contributed by atoms with Crippen molar-refractivity contribution < 1.29 is 0 Å². The molecule has 1 aromatic carbocycles. The third kappa shape index (κ3) is 3.52. The average molecular weight is 346 g/mol. The highest BCUT2D eigenvalue weighted by Gasteiger charge is 2.31. The first-order chi connectivity index (χ1) is 9.02. The zero-order chi connectivity index (χ0) is 14.0. The van der Waals surface area contributed by atoms with Crippen LogP contribution in [0.5, 0.6) is 0 Å². The highest BCUT2D eigenvalue weighted by Crippen LogP contribution is 2.42. The van der Waals surface area contributed by atoms with Crippen molar-refractivity contribution in [3.63, 3.8) is 0 Å². The van der Waals surface area contributed by atoms with E-state index in [2.05, 4.69) is 41.3 Å². The zero-order valence-electron chi connectivity index (χ0n) is 11.5. The smallest absolute Gasteiger partial charge is 0.0596 e. The summed E-state index contributed by atoms with van der Waals surface area (Å²) in [7, 11) is 0. The first-order valence-corrected chi connectivity index (χ1v) is 8.10. The fourth-order valence-corrected chi connectivity index (χ4v) is 4.15. The summed E-state index contributed by atoms with van der Waals surface area (Å²) in [6.45, 7) is 4.66. The minimum Gasteiger partial charge on any atom is -0.271 e. The summed E-state index contributed by atoms with van der Waals surface area (Å²) >= 11 is 9.91. The Bertz CT molecular complexity index is 428. The van der Waals surface area contributed by atoms with Crippen LogP contribution in [0.15, 0.2) is 22.7 Å². The van der Waals surface area contributed by atoms with Crippen molar-refractivity contribution in [3.05, 3.63) is 33.3 Å². The van der Waals surface area contributed by atoms with Gasteiger partial charge in [0.1, 0.15) is 0 Å². The van der Waals surface area contributed by atoms with Gasteiger partial charge >= 0.3 is 0 Å². The van der Waals surface area contributed by atoms with Gasteiger partial charge in [0.15, 0.2) is 0 Å². The predicted molar refractivity (Wildman–Crippen MR) is 84.9 cm³/mol. The quantitative estimate of drug-likeness (QED) is 0.616. The van der Waals surface area contributed by atoms with Crippen molar-refractivity contribution in [1.82, 2.24) is 5.43 Å². The Balaban J connectivity index is 2.26. The van der Waals surface area contributed by atoms with Crippen LogP contribution < -0.4 is 11.3 Å². The second kappa shape index (κ2) is 6.57. The molecule has 4 heteroatoms. The van der Waals surface area contributed by atoms with Gasteiger partial charge in [0, 0.05) is 4.47 Å². The molecule has 106 valence electrons. The van der Waals surface area contributed by atoms with Crippen molar-refractivity contribution in [2.45, 2.75) is 39.2 Å². The van der Waals surface area contributed by atoms with Crippen LogP contribution in [0, 0.1) is 17.8 Å². The summed E-state index contributed by atoms with van der Waals surface area (Å²) < 4.78 is 0.934. The van der Waals surface area contributed by atoms with Gasteiger partial charge in [0.2, 0.25) is 0 Å². The molecule has 3 unspecified atom stereocenters. The fourth-order valence-electron chi connectivity index (χ4n) is 3.52. The molecule has 0 amide bonds. The maximum absolute atomic E-state index is 6.42. The van der Waals surface area contributed by atoms with Crippen LogP contribution in [0.3, 0.4) is 0 Å². The van der Waals surface area contributed by atoms with Crippen LogP contribution in [0.4, 0.5) is 0 Å². The monoisotopic (exact) mass is 344 g/mol. The van der Waals surface area contributed by atoms with Gasteiger partial charge in [-0.25, -0.2) is 0 Å². The van der Waals surface area contributed by atoms with Crippen molar-refractivity contribution in [2.75, 3.05) is 0 Å². The van der Waals surface area contributed by atoms with E-state index in [1.807, 2.05) is 12.1 Å². The molecule has 2 rings (SSSR count). The molecule has 0 radical (unpaired) electrons. The normalized spacial score (nSPS) is 29.2. The minimum absolute atomic E-state index is 0.134. The standard InChI is InChI=1S/C15H22BrClN2/c1-9-6-10(2)8-11(7-9)15(19-18)12-4-3-5-13(16)14(12)17/h3-5,9-11,15,19H,6-8,18H2,1-2H3. The Hall–Kier alpha value is -0.0900. The molecule has 0 spiro atoms. The number of hydrogen-bond acceptors (Lipinski definition) is 2. The van der Waals surface area contributed by atoms with E-state index >= 15 is 0 Å². The third-order valence-electron chi connectivity index (χ3n) is 4.18. The number of halogens is 2. The van der Waals surface area contributed by atoms with Gasteiger partial charge in [-0.1, -0.05) is 37.6 Å². The molecule has 3 atom stereocenters. The lowest BCUT2D eigenvalue weighted by Crippen LogP contribution is -2.37. The summed E-state index contributed by atoms with van der Waals surface area (Å²) in [4.78, 5) is 0. The largest absolute Gasteiger partial charge is 0.271 e. The highest BCUT2D eigenvalue weighted by molar-refractivity contribution is 9.10. The molecule has 1 fully saturated rings. The summed E-state index contributed by atoms with van der Waals surface area (Å²) in [5.74, 6) is 7.89. The van der Waals surface area contributed by atoms with E-state index in [0.717, 1.165) is 26.9 Å². The maximum Gasteiger partial charge on any atom is 0.0596 e. The lowest BCUT2D eigenvalue weighted by molar-refractivity contribution is 0.177. The molecule has 0 saturated heterocycles. The van der Waals surface area contributed by atoms with Crippen molar-refractivity contribution in [3.8, 4) is 0 Å². The number of hydrazine groups is 1. The van der Waals surface area contributed by atoms with Crippen LogP contribution >= 0.6 is 27.5 Å². The minimum atomic E-state index is 0.134. The van der Waals surface area contributed by atoms with Crippen molar-refractivity contribution in [1.29, 1.82) is 0 Å². The zero-order valence-corrected chi connectivity index (χ0v) is 13.8. The predicted octanol–water partition coefficient (Wildman–Crippen LogP) is 4.68. The second-order valence-corrected chi connectivity index (χ2v) is 7.20. The fraction of sp³-hybridized carbons (Fsp3) is 0.600. The maximum atomic E-state index is 6.42. The molecule has 3 N–H and O–H groups in total. The second-order valence-electron chi connectivity index (χ2n) is 5.96. The SMILES string of the molecule is CC1CC(C)CC(C(NN)c2cccc(Br)c2Cl)C1. The summed E-state index contributed by atoms with van der Waals surface area (Å²) in [5.41, 5.74) is 4.09. The van der Waals surface area contributed by atoms with E-state index in [4.69, 9.17) is 17.4 Å². The van der Waals surface area contributed by atoms with Crippen molar-refractivity contribution >= 4 is 27.5 Å². The first-order valence-electron chi connectivity index (χ1n) is 6.93. The lowest BCUT2D eigenvalue weighted by atomic mass is 9.72. The Morgan fingerprint density at radius 3 is 2.47 bits per heavy atom.